The number of nitrogens with zero attached hydrogens (tertiary/aromatic N) is 1. The van der Waals surface area contributed by atoms with E-state index in [-0.39, 0.29) is 11.3 Å². The van der Waals surface area contributed by atoms with Crippen LogP contribution in [0.3, 0.4) is 0 Å². The summed E-state index contributed by atoms with van der Waals surface area (Å²) in [5, 5.41) is 0. The van der Waals surface area contributed by atoms with Crippen LogP contribution in [0.4, 0.5) is 0 Å². The van der Waals surface area contributed by atoms with Gasteiger partial charge in [-0.2, -0.15) is 0 Å². The lowest BCUT2D eigenvalue weighted by molar-refractivity contribution is -0.132. The van der Waals surface area contributed by atoms with Crippen LogP contribution in [0.25, 0.3) is 0 Å². The van der Waals surface area contributed by atoms with Gasteiger partial charge in [0.2, 0.25) is 0 Å². The molecule has 0 radical (unpaired) electrons. The molecule has 0 saturated heterocycles. The van der Waals surface area contributed by atoms with Crippen molar-refractivity contribution < 1.29 is 14.3 Å². The molecule has 5 nitrogen and oxygen atoms in total. The van der Waals surface area contributed by atoms with Crippen molar-refractivity contribution in [3.8, 4) is 0 Å². The average molecular weight is 170 g/mol. The topological polar surface area (TPSA) is 81.8 Å². The molecule has 66 valence electrons. The van der Waals surface area contributed by atoms with Crippen molar-refractivity contribution in [2.24, 2.45) is 10.7 Å². The summed E-state index contributed by atoms with van der Waals surface area (Å²) in [4.78, 5) is 24.8. The Labute approximate surface area is 69.9 Å². The Morgan fingerprint density at radius 3 is 2.42 bits per heavy atom. The van der Waals surface area contributed by atoms with Crippen LogP contribution in [0, 0.1) is 0 Å². The Kier molecular flexibility index (Phi) is 4.36. The highest BCUT2D eigenvalue weighted by Crippen LogP contribution is 1.94. The molecule has 0 unspecified atom stereocenters. The maximum absolute atomic E-state index is 10.9. The number of aliphatic imine (C=N–C) groups is 1. The summed E-state index contributed by atoms with van der Waals surface area (Å²) in [6, 6.07) is 0. The zero-order valence-electron chi connectivity index (χ0n) is 6.90. The predicted octanol–water partition coefficient (Wildman–Crippen LogP) is -0.728. The van der Waals surface area contributed by atoms with Gasteiger partial charge in [-0.25, -0.2) is 4.79 Å². The molecule has 0 aliphatic heterocycles. The van der Waals surface area contributed by atoms with Crippen LogP contribution < -0.4 is 5.73 Å². The average Bonchev–Trinajstić information content (AvgIpc) is 2.12. The number of methoxy groups -OCH3 is 1. The molecule has 0 aliphatic carbocycles. The van der Waals surface area contributed by atoms with Gasteiger partial charge in [-0.3, -0.25) is 9.79 Å². The van der Waals surface area contributed by atoms with Gasteiger partial charge in [-0.05, 0) is 0 Å². The fraction of sp³-hybridized carbons (Fsp3) is 0.286. The van der Waals surface area contributed by atoms with Gasteiger partial charge in [-0.15, -0.1) is 0 Å². The molecule has 0 amide bonds. The largest absolute Gasteiger partial charge is 0.464 e. The van der Waals surface area contributed by atoms with Crippen LogP contribution in [-0.4, -0.2) is 32.1 Å². The van der Waals surface area contributed by atoms with E-state index in [2.05, 4.69) is 9.73 Å². The lowest BCUT2D eigenvalue weighted by Gasteiger charge is -2.00. The normalized spacial score (nSPS) is 12.5. The van der Waals surface area contributed by atoms with Crippen LogP contribution >= 0.6 is 0 Å². The molecule has 0 atom stereocenters. The van der Waals surface area contributed by atoms with E-state index >= 15 is 0 Å². The summed E-state index contributed by atoms with van der Waals surface area (Å²) in [5.41, 5.74) is 5.01. The molecule has 2 N–H and O–H groups in total. The first-order valence-corrected chi connectivity index (χ1v) is 3.13. The maximum Gasteiger partial charge on any atom is 0.356 e. The fourth-order valence-electron chi connectivity index (χ4n) is 0.609. The number of nitrogens with two attached hydrogens (primary N) is 1. The number of hydrogen-bond donors (Lipinski definition) is 1. The van der Waals surface area contributed by atoms with Crippen molar-refractivity contribution in [2.75, 3.05) is 14.2 Å². The Hall–Kier alpha value is -1.65. The predicted molar refractivity (Wildman–Crippen MR) is 43.7 cm³/mol. The lowest BCUT2D eigenvalue weighted by Crippen LogP contribution is -2.19. The molecule has 5 heteroatoms. The van der Waals surface area contributed by atoms with Gasteiger partial charge in [0, 0.05) is 13.2 Å². The Balaban J connectivity index is 4.80. The van der Waals surface area contributed by atoms with Crippen molar-refractivity contribution in [1.29, 1.82) is 0 Å². The Bertz CT molecular complexity index is 243. The van der Waals surface area contributed by atoms with Crippen molar-refractivity contribution >= 4 is 18.0 Å². The van der Waals surface area contributed by atoms with Crippen molar-refractivity contribution in [3.05, 3.63) is 11.8 Å². The Morgan fingerprint density at radius 1 is 1.58 bits per heavy atom. The lowest BCUT2D eigenvalue weighted by atomic mass is 10.2. The summed E-state index contributed by atoms with van der Waals surface area (Å²) in [7, 11) is 2.58. The number of hydrogen-bond acceptors (Lipinski definition) is 5. The molecule has 0 bridgehead atoms. The molecule has 0 aliphatic rings. The van der Waals surface area contributed by atoms with Gasteiger partial charge in [-0.1, -0.05) is 0 Å². The summed E-state index contributed by atoms with van der Waals surface area (Å²) in [6.07, 6.45) is 1.45. The van der Waals surface area contributed by atoms with Crippen LogP contribution in [-0.2, 0) is 14.3 Å². The van der Waals surface area contributed by atoms with Gasteiger partial charge < -0.3 is 10.5 Å². The molecular weight excluding hydrogens is 160 g/mol. The number of carbonyl (C=O) groups is 2. The van der Waals surface area contributed by atoms with E-state index in [1.165, 1.54) is 14.2 Å². The second-order valence-corrected chi connectivity index (χ2v) is 1.80. The smallest absolute Gasteiger partial charge is 0.356 e. The summed E-state index contributed by atoms with van der Waals surface area (Å²) in [6.45, 7) is 0. The third kappa shape index (κ3) is 2.19. The third-order valence-electron chi connectivity index (χ3n) is 1.18. The van der Waals surface area contributed by atoms with Crippen molar-refractivity contribution in [2.45, 2.75) is 0 Å². The summed E-state index contributed by atoms with van der Waals surface area (Å²) >= 11 is 0. The van der Waals surface area contributed by atoms with E-state index in [1.54, 1.807) is 0 Å². The SMILES string of the molecule is CN=C(C(=O)OC)/C(C=O)=C\N. The van der Waals surface area contributed by atoms with Crippen molar-refractivity contribution in [3.63, 3.8) is 0 Å². The standard InChI is InChI=1S/C7H10N2O3/c1-9-6(7(11)12-2)5(3-8)4-10/h3-4H,8H2,1-2H3/b5-3-,9-6?. The van der Waals surface area contributed by atoms with E-state index in [9.17, 15) is 9.59 Å². The minimum Gasteiger partial charge on any atom is -0.464 e. The van der Waals surface area contributed by atoms with Crippen LogP contribution in [0.15, 0.2) is 16.8 Å². The minimum atomic E-state index is -0.679. The quantitative estimate of drug-likeness (QED) is 0.262. The first-order valence-electron chi connectivity index (χ1n) is 3.13. The molecule has 0 fully saturated rings. The van der Waals surface area contributed by atoms with Crippen molar-refractivity contribution in [1.82, 2.24) is 0 Å². The number of ether oxygens (including phenoxy) is 1. The third-order valence-corrected chi connectivity index (χ3v) is 1.18. The zero-order valence-corrected chi connectivity index (χ0v) is 6.90. The monoisotopic (exact) mass is 170 g/mol. The van der Waals surface area contributed by atoms with Gasteiger partial charge in [0.05, 0.1) is 12.7 Å². The minimum absolute atomic E-state index is 0.0179. The van der Waals surface area contributed by atoms with E-state index in [0.29, 0.717) is 6.29 Å². The highest BCUT2D eigenvalue weighted by atomic mass is 16.5. The highest BCUT2D eigenvalue weighted by molar-refractivity contribution is 6.47. The fourth-order valence-corrected chi connectivity index (χ4v) is 0.609. The second kappa shape index (κ2) is 5.06. The van der Waals surface area contributed by atoms with Crippen LogP contribution in [0.5, 0.6) is 0 Å². The molecule has 0 spiro atoms. The first-order chi connectivity index (χ1) is 5.71. The highest BCUT2D eigenvalue weighted by Gasteiger charge is 2.14. The zero-order chi connectivity index (χ0) is 9.56. The number of rotatable bonds is 3. The number of aldehydes is 1. The van der Waals surface area contributed by atoms with Gasteiger partial charge in [0.25, 0.3) is 0 Å². The summed E-state index contributed by atoms with van der Waals surface area (Å²) in [5.74, 6) is -0.679. The van der Waals surface area contributed by atoms with E-state index in [4.69, 9.17) is 5.73 Å². The second-order valence-electron chi connectivity index (χ2n) is 1.80. The molecule has 0 heterocycles. The van der Waals surface area contributed by atoms with Crippen LogP contribution in [0.1, 0.15) is 0 Å². The van der Waals surface area contributed by atoms with Gasteiger partial charge in [0.15, 0.2) is 12.0 Å². The molecule has 0 aromatic heterocycles. The summed E-state index contributed by atoms with van der Waals surface area (Å²) < 4.78 is 4.36. The molecule has 0 aromatic carbocycles. The van der Waals surface area contributed by atoms with Gasteiger partial charge >= 0.3 is 5.97 Å². The molecule has 0 aromatic rings. The molecule has 0 saturated carbocycles. The number of carbonyl (C=O) groups excluding carboxylic acids is 2. The molecule has 0 rings (SSSR count). The van der Waals surface area contributed by atoms with E-state index in [1.807, 2.05) is 0 Å². The molecule has 12 heavy (non-hydrogen) atoms. The molecular formula is C7H10N2O3. The van der Waals surface area contributed by atoms with Gasteiger partial charge in [0.1, 0.15) is 0 Å². The van der Waals surface area contributed by atoms with E-state index < -0.39 is 5.97 Å². The van der Waals surface area contributed by atoms with Crippen LogP contribution in [0.2, 0.25) is 0 Å². The number of esters is 1. The maximum atomic E-state index is 10.9. The Morgan fingerprint density at radius 2 is 2.17 bits per heavy atom. The first kappa shape index (κ1) is 10.3. The van der Waals surface area contributed by atoms with E-state index in [0.717, 1.165) is 6.20 Å².